The van der Waals surface area contributed by atoms with Crippen LogP contribution in [0.4, 0.5) is 0 Å². The van der Waals surface area contributed by atoms with Gasteiger partial charge >= 0.3 is 0 Å². The monoisotopic (exact) mass is 377 g/mol. The van der Waals surface area contributed by atoms with E-state index in [4.69, 9.17) is 4.74 Å². The number of nitrogens with zero attached hydrogens (tertiary/aromatic N) is 1. The average molecular weight is 377 g/mol. The molecule has 0 atom stereocenters. The van der Waals surface area contributed by atoms with Gasteiger partial charge in [-0.2, -0.15) is 0 Å². The predicted molar refractivity (Wildman–Crippen MR) is 110 cm³/mol. The lowest BCUT2D eigenvalue weighted by Gasteiger charge is -2.07. The van der Waals surface area contributed by atoms with Crippen molar-refractivity contribution in [3.05, 3.63) is 64.7 Å². The fraction of sp³-hybridized carbons (Fsp3) is 0.0476. The molecule has 0 aliphatic carbocycles. The van der Waals surface area contributed by atoms with Crippen LogP contribution < -0.4 is 4.74 Å². The molecule has 3 heterocycles. The van der Waals surface area contributed by atoms with Gasteiger partial charge in [0.25, 0.3) is 0 Å². The quantitative estimate of drug-likeness (QED) is 0.401. The van der Waals surface area contributed by atoms with Crippen molar-refractivity contribution < 1.29 is 9.84 Å². The first-order valence-electron chi connectivity index (χ1n) is 8.19. The summed E-state index contributed by atoms with van der Waals surface area (Å²) in [5, 5.41) is 19.4. The Bertz CT molecular complexity index is 1190. The summed E-state index contributed by atoms with van der Waals surface area (Å²) in [6.45, 7) is 0. The standard InChI is InChI=1S/C21H15NO2S2/c1-24-19-12-25-10-15(19)21-20(23)18(11-26-21)22-16-8-4-2-6-13(16)14-7-3-5-9-17(14)22/h2-12,23H,1H3. The zero-order valence-electron chi connectivity index (χ0n) is 14.0. The van der Waals surface area contributed by atoms with Crippen LogP contribution in [-0.4, -0.2) is 16.8 Å². The molecule has 0 amide bonds. The maximum absolute atomic E-state index is 11.0. The number of aromatic nitrogens is 1. The van der Waals surface area contributed by atoms with E-state index < -0.39 is 0 Å². The van der Waals surface area contributed by atoms with Crippen LogP contribution in [0.1, 0.15) is 0 Å². The number of benzene rings is 2. The fourth-order valence-electron chi connectivity index (χ4n) is 3.48. The van der Waals surface area contributed by atoms with Crippen molar-refractivity contribution in [3.63, 3.8) is 0 Å². The van der Waals surface area contributed by atoms with E-state index in [9.17, 15) is 5.11 Å². The van der Waals surface area contributed by atoms with Gasteiger partial charge in [0.2, 0.25) is 0 Å². The molecular weight excluding hydrogens is 362 g/mol. The number of para-hydroxylation sites is 2. The molecule has 0 spiro atoms. The van der Waals surface area contributed by atoms with Crippen LogP contribution in [0.5, 0.6) is 11.5 Å². The summed E-state index contributed by atoms with van der Waals surface area (Å²) in [4.78, 5) is 0.833. The van der Waals surface area contributed by atoms with Gasteiger partial charge < -0.3 is 14.4 Å². The molecule has 26 heavy (non-hydrogen) atoms. The molecule has 2 aromatic carbocycles. The summed E-state index contributed by atoms with van der Waals surface area (Å²) in [7, 11) is 1.66. The highest BCUT2D eigenvalue weighted by atomic mass is 32.1. The molecule has 1 N–H and O–H groups in total. The van der Waals surface area contributed by atoms with Crippen molar-refractivity contribution in [1.29, 1.82) is 0 Å². The number of thiophene rings is 2. The summed E-state index contributed by atoms with van der Waals surface area (Å²) in [6, 6.07) is 16.6. The van der Waals surface area contributed by atoms with Gasteiger partial charge in [0.15, 0.2) is 5.75 Å². The maximum atomic E-state index is 11.0. The Morgan fingerprint density at radius 3 is 2.19 bits per heavy atom. The number of hydrogen-bond donors (Lipinski definition) is 1. The third-order valence-electron chi connectivity index (χ3n) is 4.66. The van der Waals surface area contributed by atoms with Gasteiger partial charge in [-0.15, -0.1) is 22.7 Å². The van der Waals surface area contributed by atoms with Crippen LogP contribution in [0.2, 0.25) is 0 Å². The minimum Gasteiger partial charge on any atom is -0.504 e. The highest BCUT2D eigenvalue weighted by molar-refractivity contribution is 7.15. The van der Waals surface area contributed by atoms with Gasteiger partial charge in [-0.1, -0.05) is 36.4 Å². The smallest absolute Gasteiger partial charge is 0.158 e. The lowest BCUT2D eigenvalue weighted by atomic mass is 10.2. The summed E-state index contributed by atoms with van der Waals surface area (Å²) in [5.74, 6) is 1.08. The third-order valence-corrected chi connectivity index (χ3v) is 6.37. The zero-order chi connectivity index (χ0) is 17.7. The number of rotatable bonds is 3. The Hall–Kier alpha value is -2.76. The molecule has 5 heteroatoms. The van der Waals surface area contributed by atoms with E-state index in [1.54, 1.807) is 18.4 Å². The Kier molecular flexibility index (Phi) is 3.51. The van der Waals surface area contributed by atoms with Gasteiger partial charge in [0, 0.05) is 32.5 Å². The topological polar surface area (TPSA) is 34.4 Å². The van der Waals surface area contributed by atoms with Crippen molar-refractivity contribution in [3.8, 4) is 27.6 Å². The molecule has 0 bridgehead atoms. The van der Waals surface area contributed by atoms with Crippen LogP contribution >= 0.6 is 22.7 Å². The van der Waals surface area contributed by atoms with Crippen LogP contribution in [-0.2, 0) is 0 Å². The number of ether oxygens (including phenoxy) is 1. The maximum Gasteiger partial charge on any atom is 0.158 e. The molecule has 5 rings (SSSR count). The van der Waals surface area contributed by atoms with Crippen molar-refractivity contribution in [2.45, 2.75) is 0 Å². The number of aromatic hydroxyl groups is 1. The van der Waals surface area contributed by atoms with Crippen molar-refractivity contribution >= 4 is 44.5 Å². The Labute approximate surface area is 158 Å². The summed E-state index contributed by atoms with van der Waals surface area (Å²) in [5.41, 5.74) is 3.92. The second kappa shape index (κ2) is 5.90. The van der Waals surface area contributed by atoms with Gasteiger partial charge in [-0.05, 0) is 12.1 Å². The molecule has 3 nitrogen and oxygen atoms in total. The molecule has 0 unspecified atom stereocenters. The molecule has 5 aromatic rings. The zero-order valence-corrected chi connectivity index (χ0v) is 15.6. The molecule has 3 aromatic heterocycles. The fourth-order valence-corrected chi connectivity index (χ4v) is 5.29. The lowest BCUT2D eigenvalue weighted by Crippen LogP contribution is -1.92. The molecule has 0 radical (unpaired) electrons. The molecule has 0 aliphatic rings. The van der Waals surface area contributed by atoms with Crippen molar-refractivity contribution in [2.24, 2.45) is 0 Å². The molecule has 0 saturated carbocycles. The van der Waals surface area contributed by atoms with Crippen LogP contribution in [0.25, 0.3) is 37.9 Å². The van der Waals surface area contributed by atoms with Gasteiger partial charge in [-0.3, -0.25) is 0 Å². The normalized spacial score (nSPS) is 11.4. The van der Waals surface area contributed by atoms with Crippen LogP contribution in [0.15, 0.2) is 64.7 Å². The second-order valence-electron chi connectivity index (χ2n) is 6.02. The minimum atomic E-state index is 0.290. The van der Waals surface area contributed by atoms with Crippen LogP contribution in [0.3, 0.4) is 0 Å². The van der Waals surface area contributed by atoms with E-state index in [1.807, 2.05) is 40.4 Å². The Morgan fingerprint density at radius 1 is 0.885 bits per heavy atom. The Morgan fingerprint density at radius 2 is 1.54 bits per heavy atom. The summed E-state index contributed by atoms with van der Waals surface area (Å²) >= 11 is 3.10. The van der Waals surface area contributed by atoms with Gasteiger partial charge in [-0.25, -0.2) is 0 Å². The molecule has 128 valence electrons. The van der Waals surface area contributed by atoms with E-state index in [1.165, 1.54) is 22.1 Å². The van der Waals surface area contributed by atoms with E-state index in [2.05, 4.69) is 28.8 Å². The van der Waals surface area contributed by atoms with E-state index in [0.717, 1.165) is 32.9 Å². The highest BCUT2D eigenvalue weighted by Crippen LogP contribution is 2.47. The molecule has 0 saturated heterocycles. The lowest BCUT2D eigenvalue weighted by molar-refractivity contribution is 0.418. The first kappa shape index (κ1) is 15.5. The number of methoxy groups -OCH3 is 1. The van der Waals surface area contributed by atoms with Gasteiger partial charge in [0.05, 0.1) is 28.7 Å². The number of fused-ring (bicyclic) bond motifs is 3. The third kappa shape index (κ3) is 2.11. The van der Waals surface area contributed by atoms with Crippen LogP contribution in [0, 0.1) is 0 Å². The largest absolute Gasteiger partial charge is 0.504 e. The minimum absolute atomic E-state index is 0.290. The number of hydrogen-bond acceptors (Lipinski definition) is 4. The molecule has 0 fully saturated rings. The first-order chi connectivity index (χ1) is 12.8. The second-order valence-corrected chi connectivity index (χ2v) is 7.65. The highest BCUT2D eigenvalue weighted by Gasteiger charge is 2.20. The summed E-state index contributed by atoms with van der Waals surface area (Å²) < 4.78 is 7.57. The summed E-state index contributed by atoms with van der Waals surface area (Å²) in [6.07, 6.45) is 0. The van der Waals surface area contributed by atoms with E-state index >= 15 is 0 Å². The average Bonchev–Trinajstić information content (AvgIpc) is 3.37. The molecular formula is C21H15NO2S2. The Balaban J connectivity index is 1.82. The van der Waals surface area contributed by atoms with E-state index in [-0.39, 0.29) is 0 Å². The first-order valence-corrected chi connectivity index (χ1v) is 10.0. The van der Waals surface area contributed by atoms with Gasteiger partial charge in [0.1, 0.15) is 5.75 Å². The van der Waals surface area contributed by atoms with Crippen molar-refractivity contribution in [2.75, 3.05) is 7.11 Å². The van der Waals surface area contributed by atoms with Crippen molar-refractivity contribution in [1.82, 2.24) is 4.57 Å². The molecule has 0 aliphatic heterocycles. The SMILES string of the molecule is COc1cscc1-c1scc(-n2c3ccccc3c3ccccc32)c1O. The predicted octanol–water partition coefficient (Wildman–Crippen LogP) is 6.29. The van der Waals surface area contributed by atoms with E-state index in [0.29, 0.717) is 5.75 Å².